The number of hydrogen-bond donors (Lipinski definition) is 2. The Kier molecular flexibility index (Phi) is 3.87. The average Bonchev–Trinajstić information content (AvgIpc) is 3.22. The first-order valence-electron chi connectivity index (χ1n) is 8.83. The second kappa shape index (κ2) is 5.95. The fourth-order valence-corrected chi connectivity index (χ4v) is 4.58. The van der Waals surface area contributed by atoms with E-state index in [1.165, 1.54) is 6.07 Å². The monoisotopic (exact) mass is 342 g/mol. The molecule has 1 amide bonds. The van der Waals surface area contributed by atoms with Gasteiger partial charge in [0.25, 0.3) is 0 Å². The van der Waals surface area contributed by atoms with Gasteiger partial charge >= 0.3 is 0 Å². The summed E-state index contributed by atoms with van der Waals surface area (Å²) in [4.78, 5) is 12.6. The number of aryl methyl sites for hydroxylation is 2. The predicted molar refractivity (Wildman–Crippen MR) is 93.9 cm³/mol. The fraction of sp³-hybridized carbons (Fsp3) is 0.474. The number of aromatic nitrogens is 2. The molecular formula is C19H23FN4O. The standard InChI is InChI=1S/C19H23FN4O/c1-10-7-11(2)24(23-10)16-6-5-14(9-15(16)20)22-19(25)17-12-3-4-13(8-12)18(17)21/h5-7,9,12-13,17-18H,3-4,8,21H2,1-2H3,(H,22,25). The van der Waals surface area contributed by atoms with Gasteiger partial charge in [0.1, 0.15) is 5.69 Å². The van der Waals surface area contributed by atoms with Crippen LogP contribution in [0.3, 0.4) is 0 Å². The first kappa shape index (κ1) is 16.3. The molecule has 4 unspecified atom stereocenters. The van der Waals surface area contributed by atoms with E-state index in [4.69, 9.17) is 5.73 Å². The van der Waals surface area contributed by atoms with Crippen molar-refractivity contribution in [3.63, 3.8) is 0 Å². The zero-order chi connectivity index (χ0) is 17.7. The number of benzene rings is 1. The third-order valence-electron chi connectivity index (χ3n) is 5.74. The van der Waals surface area contributed by atoms with Gasteiger partial charge in [0.05, 0.1) is 11.6 Å². The van der Waals surface area contributed by atoms with E-state index in [2.05, 4.69) is 10.4 Å². The van der Waals surface area contributed by atoms with Gasteiger partial charge in [-0.1, -0.05) is 0 Å². The smallest absolute Gasteiger partial charge is 0.229 e. The first-order chi connectivity index (χ1) is 11.9. The number of nitrogens with zero attached hydrogens (tertiary/aromatic N) is 2. The molecular weight excluding hydrogens is 319 g/mol. The summed E-state index contributed by atoms with van der Waals surface area (Å²) in [6, 6.07) is 6.53. The van der Waals surface area contributed by atoms with Crippen LogP contribution in [0, 0.1) is 37.4 Å². The molecule has 2 aliphatic rings. The highest BCUT2D eigenvalue weighted by molar-refractivity contribution is 5.93. The molecule has 132 valence electrons. The predicted octanol–water partition coefficient (Wildman–Crippen LogP) is 2.94. The van der Waals surface area contributed by atoms with E-state index in [-0.39, 0.29) is 17.9 Å². The molecule has 6 heteroatoms. The Bertz CT molecular complexity index is 829. The van der Waals surface area contributed by atoms with Gasteiger partial charge in [0.15, 0.2) is 5.82 Å². The number of amides is 1. The molecule has 3 N–H and O–H groups in total. The fourth-order valence-electron chi connectivity index (χ4n) is 4.58. The van der Waals surface area contributed by atoms with Crippen molar-refractivity contribution in [2.45, 2.75) is 39.2 Å². The van der Waals surface area contributed by atoms with E-state index in [9.17, 15) is 9.18 Å². The average molecular weight is 342 g/mol. The van der Waals surface area contributed by atoms with Crippen molar-refractivity contribution < 1.29 is 9.18 Å². The number of nitrogens with two attached hydrogens (primary N) is 1. The molecule has 25 heavy (non-hydrogen) atoms. The molecule has 4 atom stereocenters. The molecule has 0 spiro atoms. The zero-order valence-electron chi connectivity index (χ0n) is 14.5. The molecule has 0 radical (unpaired) electrons. The third kappa shape index (κ3) is 2.74. The SMILES string of the molecule is Cc1cc(C)n(-c2ccc(NC(=O)C3C4CCC(C4)C3N)cc2F)n1. The van der Waals surface area contributed by atoms with Crippen LogP contribution in [-0.4, -0.2) is 21.7 Å². The van der Waals surface area contributed by atoms with Gasteiger partial charge in [0.2, 0.25) is 5.91 Å². The highest BCUT2D eigenvalue weighted by Gasteiger charge is 2.49. The number of nitrogens with one attached hydrogen (secondary N) is 1. The summed E-state index contributed by atoms with van der Waals surface area (Å²) in [5.74, 6) is 0.182. The topological polar surface area (TPSA) is 72.9 Å². The lowest BCUT2D eigenvalue weighted by Crippen LogP contribution is -2.42. The van der Waals surface area contributed by atoms with Crippen LogP contribution in [-0.2, 0) is 4.79 Å². The van der Waals surface area contributed by atoms with Gasteiger partial charge in [-0.3, -0.25) is 4.79 Å². The maximum atomic E-state index is 14.5. The largest absolute Gasteiger partial charge is 0.327 e. The number of rotatable bonds is 3. The van der Waals surface area contributed by atoms with Gasteiger partial charge < -0.3 is 11.1 Å². The number of halogens is 1. The molecule has 0 saturated heterocycles. The second-order valence-electron chi connectivity index (χ2n) is 7.43. The Morgan fingerprint density at radius 2 is 2.04 bits per heavy atom. The van der Waals surface area contributed by atoms with Crippen molar-refractivity contribution in [1.29, 1.82) is 0 Å². The van der Waals surface area contributed by atoms with Gasteiger partial charge in [0, 0.05) is 17.4 Å². The molecule has 1 aromatic heterocycles. The summed E-state index contributed by atoms with van der Waals surface area (Å²) in [6.45, 7) is 3.75. The lowest BCUT2D eigenvalue weighted by atomic mass is 9.84. The molecule has 2 bridgehead atoms. The summed E-state index contributed by atoms with van der Waals surface area (Å²) >= 11 is 0. The van der Waals surface area contributed by atoms with Crippen molar-refractivity contribution >= 4 is 11.6 Å². The van der Waals surface area contributed by atoms with Crippen molar-refractivity contribution in [3.8, 4) is 5.69 Å². The van der Waals surface area contributed by atoms with Crippen molar-refractivity contribution in [3.05, 3.63) is 41.5 Å². The van der Waals surface area contributed by atoms with E-state index in [0.717, 1.165) is 30.7 Å². The Hall–Kier alpha value is -2.21. The van der Waals surface area contributed by atoms with Crippen LogP contribution in [0.15, 0.2) is 24.3 Å². The first-order valence-corrected chi connectivity index (χ1v) is 8.83. The van der Waals surface area contributed by atoms with Gasteiger partial charge in [-0.25, -0.2) is 9.07 Å². The Balaban J connectivity index is 1.53. The molecule has 1 heterocycles. The normalized spacial score (nSPS) is 27.7. The third-order valence-corrected chi connectivity index (χ3v) is 5.74. The molecule has 2 fully saturated rings. The number of carbonyl (C=O) groups excluding carboxylic acids is 1. The lowest BCUT2D eigenvalue weighted by Gasteiger charge is -2.27. The summed E-state index contributed by atoms with van der Waals surface area (Å²) in [7, 11) is 0. The highest BCUT2D eigenvalue weighted by atomic mass is 19.1. The summed E-state index contributed by atoms with van der Waals surface area (Å²) in [5.41, 5.74) is 8.75. The van der Waals surface area contributed by atoms with Crippen molar-refractivity contribution in [1.82, 2.24) is 9.78 Å². The van der Waals surface area contributed by atoms with Gasteiger partial charge in [-0.05, 0) is 69.2 Å². The van der Waals surface area contributed by atoms with Crippen molar-refractivity contribution in [2.24, 2.45) is 23.5 Å². The van der Waals surface area contributed by atoms with Crippen LogP contribution in [0.2, 0.25) is 0 Å². The molecule has 4 rings (SSSR count). The van der Waals surface area contributed by atoms with E-state index >= 15 is 0 Å². The minimum absolute atomic E-state index is 0.0717. The Morgan fingerprint density at radius 1 is 1.28 bits per heavy atom. The van der Waals surface area contributed by atoms with Crippen LogP contribution < -0.4 is 11.1 Å². The quantitative estimate of drug-likeness (QED) is 0.901. The maximum Gasteiger partial charge on any atom is 0.229 e. The van der Waals surface area contributed by atoms with E-state index < -0.39 is 5.82 Å². The second-order valence-corrected chi connectivity index (χ2v) is 7.43. The number of fused-ring (bicyclic) bond motifs is 2. The van der Waals surface area contributed by atoms with Crippen LogP contribution >= 0.6 is 0 Å². The minimum Gasteiger partial charge on any atom is -0.327 e. The van der Waals surface area contributed by atoms with Crippen LogP contribution in [0.25, 0.3) is 5.69 Å². The molecule has 0 aliphatic heterocycles. The van der Waals surface area contributed by atoms with Crippen LogP contribution in [0.4, 0.5) is 10.1 Å². The highest BCUT2D eigenvalue weighted by Crippen LogP contribution is 2.47. The lowest BCUT2D eigenvalue weighted by molar-refractivity contribution is -0.121. The summed E-state index contributed by atoms with van der Waals surface area (Å²) in [6.07, 6.45) is 3.24. The van der Waals surface area contributed by atoms with E-state index in [1.807, 2.05) is 19.9 Å². The van der Waals surface area contributed by atoms with Gasteiger partial charge in [-0.2, -0.15) is 5.10 Å². The molecule has 2 aliphatic carbocycles. The van der Waals surface area contributed by atoms with Gasteiger partial charge in [-0.15, -0.1) is 0 Å². The van der Waals surface area contributed by atoms with Crippen molar-refractivity contribution in [2.75, 3.05) is 5.32 Å². The number of anilines is 1. The number of hydrogen-bond acceptors (Lipinski definition) is 3. The number of carbonyl (C=O) groups is 1. The molecule has 2 aromatic rings. The molecule has 1 aromatic carbocycles. The van der Waals surface area contributed by atoms with Crippen LogP contribution in [0.5, 0.6) is 0 Å². The maximum absolute atomic E-state index is 14.5. The molecule has 5 nitrogen and oxygen atoms in total. The Labute approximate surface area is 146 Å². The summed E-state index contributed by atoms with van der Waals surface area (Å²) in [5, 5.41) is 7.15. The van der Waals surface area contributed by atoms with E-state index in [1.54, 1.807) is 16.8 Å². The minimum atomic E-state index is -0.416. The molecule has 2 saturated carbocycles. The van der Waals surface area contributed by atoms with E-state index in [0.29, 0.717) is 23.2 Å². The van der Waals surface area contributed by atoms with Crippen LogP contribution in [0.1, 0.15) is 30.7 Å². The summed E-state index contributed by atoms with van der Waals surface area (Å²) < 4.78 is 16.1. The zero-order valence-corrected chi connectivity index (χ0v) is 14.5. The Morgan fingerprint density at radius 3 is 2.64 bits per heavy atom.